The fourth-order valence-corrected chi connectivity index (χ4v) is 4.55. The van der Waals surface area contributed by atoms with E-state index in [1.807, 2.05) is 6.07 Å². The number of aromatic nitrogens is 2. The fourth-order valence-electron chi connectivity index (χ4n) is 3.59. The first kappa shape index (κ1) is 17.4. The second kappa shape index (κ2) is 7.72. The largest absolute Gasteiger partial charge is 0.353 e. The lowest BCUT2D eigenvalue weighted by Crippen LogP contribution is -2.46. The van der Waals surface area contributed by atoms with Crippen LogP contribution in [0.2, 0.25) is 0 Å². The zero-order valence-electron chi connectivity index (χ0n) is 15.6. The Kier molecular flexibility index (Phi) is 5.18. The van der Waals surface area contributed by atoms with Crippen molar-refractivity contribution in [1.29, 1.82) is 0 Å². The third-order valence-corrected chi connectivity index (χ3v) is 6.19. The van der Waals surface area contributed by atoms with Gasteiger partial charge in [-0.15, -0.1) is 11.3 Å². The molecule has 1 aromatic carbocycles. The Morgan fingerprint density at radius 2 is 1.77 bits per heavy atom. The maximum Gasteiger partial charge on any atom is 0.163 e. The number of aryl methyl sites for hydroxylation is 1. The molecule has 0 aliphatic carbocycles. The fraction of sp³-hybridized carbons (Fsp3) is 0.429. The Hall–Kier alpha value is -1.98. The second-order valence-corrected chi connectivity index (χ2v) is 7.97. The molecule has 3 aromatic rings. The number of benzene rings is 1. The molecule has 0 radical (unpaired) electrons. The van der Waals surface area contributed by atoms with Gasteiger partial charge in [-0.1, -0.05) is 44.2 Å². The SMILES string of the molecule is CCCN1CCN(c2nc(-c3ccccc3)nc3sc(CC)cc23)CC1. The third kappa shape index (κ3) is 3.46. The normalized spacial score (nSPS) is 15.7. The second-order valence-electron chi connectivity index (χ2n) is 6.85. The number of thiophene rings is 1. The molecule has 1 aliphatic heterocycles. The van der Waals surface area contributed by atoms with Crippen LogP contribution in [0, 0.1) is 0 Å². The van der Waals surface area contributed by atoms with Crippen molar-refractivity contribution in [2.75, 3.05) is 37.6 Å². The van der Waals surface area contributed by atoms with Crippen LogP contribution in [0.3, 0.4) is 0 Å². The first-order valence-corrected chi connectivity index (χ1v) is 10.4. The molecule has 2 aromatic heterocycles. The quantitative estimate of drug-likeness (QED) is 0.668. The van der Waals surface area contributed by atoms with Gasteiger partial charge in [0, 0.05) is 36.6 Å². The Labute approximate surface area is 159 Å². The van der Waals surface area contributed by atoms with E-state index >= 15 is 0 Å². The van der Waals surface area contributed by atoms with Gasteiger partial charge in [-0.2, -0.15) is 0 Å². The van der Waals surface area contributed by atoms with Crippen molar-refractivity contribution in [1.82, 2.24) is 14.9 Å². The summed E-state index contributed by atoms with van der Waals surface area (Å²) in [6.07, 6.45) is 2.27. The van der Waals surface area contributed by atoms with Gasteiger partial charge in [-0.25, -0.2) is 9.97 Å². The number of hydrogen-bond acceptors (Lipinski definition) is 5. The van der Waals surface area contributed by atoms with Gasteiger partial charge in [-0.05, 0) is 25.5 Å². The third-order valence-electron chi connectivity index (χ3n) is 5.02. The van der Waals surface area contributed by atoms with Crippen LogP contribution in [-0.2, 0) is 6.42 Å². The van der Waals surface area contributed by atoms with Gasteiger partial charge in [0.15, 0.2) is 5.82 Å². The Morgan fingerprint density at radius 1 is 1.00 bits per heavy atom. The summed E-state index contributed by atoms with van der Waals surface area (Å²) in [7, 11) is 0. The van der Waals surface area contributed by atoms with Crippen LogP contribution < -0.4 is 4.90 Å². The highest BCUT2D eigenvalue weighted by molar-refractivity contribution is 7.18. The number of hydrogen-bond donors (Lipinski definition) is 0. The molecule has 4 rings (SSSR count). The molecule has 26 heavy (non-hydrogen) atoms. The summed E-state index contributed by atoms with van der Waals surface area (Å²) in [5.74, 6) is 1.95. The van der Waals surface area contributed by atoms with Crippen molar-refractivity contribution >= 4 is 27.4 Å². The van der Waals surface area contributed by atoms with Crippen LogP contribution in [-0.4, -0.2) is 47.6 Å². The van der Waals surface area contributed by atoms with E-state index in [2.05, 4.69) is 54.0 Å². The molecule has 5 heteroatoms. The van der Waals surface area contributed by atoms with Crippen LogP contribution in [0.4, 0.5) is 5.82 Å². The standard InChI is InChI=1S/C21H26N4S/c1-3-10-24-11-13-25(14-12-24)20-18-15-17(4-2)26-21(18)23-19(22-20)16-8-6-5-7-9-16/h5-9,15H,3-4,10-14H2,1-2H3. The molecule has 136 valence electrons. The average molecular weight is 367 g/mol. The summed E-state index contributed by atoms with van der Waals surface area (Å²) < 4.78 is 0. The summed E-state index contributed by atoms with van der Waals surface area (Å²) >= 11 is 1.80. The van der Waals surface area contributed by atoms with Gasteiger partial charge in [0.25, 0.3) is 0 Å². The predicted molar refractivity (Wildman–Crippen MR) is 111 cm³/mol. The average Bonchev–Trinajstić information content (AvgIpc) is 3.12. The zero-order chi connectivity index (χ0) is 17.9. The van der Waals surface area contributed by atoms with Gasteiger partial charge in [0.2, 0.25) is 0 Å². The summed E-state index contributed by atoms with van der Waals surface area (Å²) in [6.45, 7) is 9.97. The van der Waals surface area contributed by atoms with Crippen LogP contribution in [0.1, 0.15) is 25.1 Å². The molecule has 1 fully saturated rings. The molecule has 0 saturated carbocycles. The molecule has 3 heterocycles. The molecule has 0 bridgehead atoms. The van der Waals surface area contributed by atoms with Crippen molar-refractivity contribution in [3.05, 3.63) is 41.3 Å². The van der Waals surface area contributed by atoms with Gasteiger partial charge in [0.1, 0.15) is 10.6 Å². The minimum atomic E-state index is 0.841. The van der Waals surface area contributed by atoms with Crippen LogP contribution in [0.5, 0.6) is 0 Å². The molecule has 1 aliphatic rings. The Balaban J connectivity index is 1.73. The highest BCUT2D eigenvalue weighted by atomic mass is 32.1. The van der Waals surface area contributed by atoms with Gasteiger partial charge >= 0.3 is 0 Å². The van der Waals surface area contributed by atoms with E-state index in [1.54, 1.807) is 11.3 Å². The smallest absolute Gasteiger partial charge is 0.163 e. The number of nitrogens with zero attached hydrogens (tertiary/aromatic N) is 4. The molecular formula is C21H26N4S. The van der Waals surface area contributed by atoms with Gasteiger partial charge in [-0.3, -0.25) is 4.90 Å². The van der Waals surface area contributed by atoms with E-state index in [0.717, 1.165) is 54.6 Å². The van der Waals surface area contributed by atoms with E-state index in [9.17, 15) is 0 Å². The van der Waals surface area contributed by atoms with Crippen molar-refractivity contribution < 1.29 is 0 Å². The van der Waals surface area contributed by atoms with E-state index in [-0.39, 0.29) is 0 Å². The van der Waals surface area contributed by atoms with E-state index in [4.69, 9.17) is 9.97 Å². The van der Waals surface area contributed by atoms with Crippen molar-refractivity contribution in [3.8, 4) is 11.4 Å². The highest BCUT2D eigenvalue weighted by Crippen LogP contribution is 2.34. The molecular weight excluding hydrogens is 340 g/mol. The summed E-state index contributed by atoms with van der Waals surface area (Å²) in [5.41, 5.74) is 1.09. The lowest BCUT2D eigenvalue weighted by molar-refractivity contribution is 0.258. The Morgan fingerprint density at radius 3 is 2.46 bits per heavy atom. The van der Waals surface area contributed by atoms with Crippen molar-refractivity contribution in [2.24, 2.45) is 0 Å². The molecule has 0 unspecified atom stereocenters. The van der Waals surface area contributed by atoms with Gasteiger partial charge in [0.05, 0.1) is 5.39 Å². The predicted octanol–water partition coefficient (Wildman–Crippen LogP) is 4.45. The first-order valence-electron chi connectivity index (χ1n) is 9.61. The maximum absolute atomic E-state index is 5.02. The van der Waals surface area contributed by atoms with Crippen LogP contribution >= 0.6 is 11.3 Å². The zero-order valence-corrected chi connectivity index (χ0v) is 16.4. The summed E-state index contributed by atoms with van der Waals surface area (Å²) in [5, 5.41) is 1.22. The van der Waals surface area contributed by atoms with Gasteiger partial charge < -0.3 is 4.90 Å². The lowest BCUT2D eigenvalue weighted by Gasteiger charge is -2.35. The summed E-state index contributed by atoms with van der Waals surface area (Å²) in [4.78, 5) is 17.4. The highest BCUT2D eigenvalue weighted by Gasteiger charge is 2.22. The monoisotopic (exact) mass is 366 g/mol. The number of piperazine rings is 1. The first-order chi connectivity index (χ1) is 12.8. The van der Waals surface area contributed by atoms with E-state index < -0.39 is 0 Å². The topological polar surface area (TPSA) is 32.3 Å². The van der Waals surface area contributed by atoms with Crippen molar-refractivity contribution in [3.63, 3.8) is 0 Å². The molecule has 1 saturated heterocycles. The Bertz CT molecular complexity index is 866. The number of fused-ring (bicyclic) bond motifs is 1. The molecule has 0 N–H and O–H groups in total. The molecule has 0 amide bonds. The molecule has 0 spiro atoms. The minimum absolute atomic E-state index is 0.841. The van der Waals surface area contributed by atoms with E-state index in [0.29, 0.717) is 0 Å². The van der Waals surface area contributed by atoms with Crippen LogP contribution in [0.15, 0.2) is 36.4 Å². The molecule has 4 nitrogen and oxygen atoms in total. The van der Waals surface area contributed by atoms with E-state index in [1.165, 1.54) is 23.2 Å². The van der Waals surface area contributed by atoms with Crippen molar-refractivity contribution in [2.45, 2.75) is 26.7 Å². The number of rotatable bonds is 5. The van der Waals surface area contributed by atoms with Crippen LogP contribution in [0.25, 0.3) is 21.6 Å². The maximum atomic E-state index is 5.02. The summed E-state index contributed by atoms with van der Waals surface area (Å²) in [6, 6.07) is 12.6. The number of anilines is 1. The molecule has 0 atom stereocenters. The minimum Gasteiger partial charge on any atom is -0.353 e. The lowest BCUT2D eigenvalue weighted by atomic mass is 10.2.